The fourth-order valence-electron chi connectivity index (χ4n) is 5.85. The first-order valence-electron chi connectivity index (χ1n) is 14.7. The minimum atomic E-state index is 0.0104. The van der Waals surface area contributed by atoms with E-state index < -0.39 is 0 Å². The third-order valence-electron chi connectivity index (χ3n) is 8.02. The molecule has 0 aliphatic rings. The molecule has 0 amide bonds. The van der Waals surface area contributed by atoms with Gasteiger partial charge in [-0.15, -0.1) is 0 Å². The van der Waals surface area contributed by atoms with Crippen LogP contribution in [0, 0.1) is 0 Å². The molecule has 0 saturated carbocycles. The van der Waals surface area contributed by atoms with Crippen LogP contribution in [0.4, 0.5) is 0 Å². The zero-order valence-corrected chi connectivity index (χ0v) is 27.0. The van der Waals surface area contributed by atoms with E-state index in [-0.39, 0.29) is 5.41 Å². The molecule has 4 nitrogen and oxygen atoms in total. The lowest BCUT2D eigenvalue weighted by atomic mass is 9.87. The normalized spacial score (nSPS) is 12.2. The minimum Gasteiger partial charge on any atom is -0.457 e. The van der Waals surface area contributed by atoms with Crippen molar-refractivity contribution in [1.29, 1.82) is 0 Å². The summed E-state index contributed by atoms with van der Waals surface area (Å²) in [7, 11) is 0. The number of nitrogens with zero attached hydrogens (tertiary/aromatic N) is 3. The van der Waals surface area contributed by atoms with Gasteiger partial charge in [0.05, 0.1) is 16.7 Å². The van der Waals surface area contributed by atoms with Gasteiger partial charge < -0.3 is 4.74 Å². The molecule has 0 unspecified atom stereocenters. The molecule has 0 fully saturated rings. The van der Waals surface area contributed by atoms with E-state index in [1.54, 1.807) is 0 Å². The van der Waals surface area contributed by atoms with Crippen molar-refractivity contribution in [3.05, 3.63) is 112 Å². The summed E-state index contributed by atoms with van der Waals surface area (Å²) in [6, 6.07) is 27.9. The summed E-state index contributed by atoms with van der Waals surface area (Å²) in [6.07, 6.45) is 4.01. The average Bonchev–Trinajstić information content (AvgIpc) is 3.53. The van der Waals surface area contributed by atoms with Crippen molar-refractivity contribution in [3.63, 3.8) is 0 Å². The van der Waals surface area contributed by atoms with Gasteiger partial charge in [-0.1, -0.05) is 101 Å². The second kappa shape index (κ2) is 10.8. The third-order valence-corrected chi connectivity index (χ3v) is 8.48. The largest absolute Gasteiger partial charge is 0.457 e. The molecule has 42 heavy (non-hydrogen) atoms. The van der Waals surface area contributed by atoms with Crippen molar-refractivity contribution in [1.82, 2.24) is 14.1 Å². The van der Waals surface area contributed by atoms with Crippen LogP contribution in [0.15, 0.2) is 95.7 Å². The van der Waals surface area contributed by atoms with Gasteiger partial charge in [-0.2, -0.15) is 0 Å². The quantitative estimate of drug-likeness (QED) is 0.186. The molecule has 6 aromatic rings. The molecule has 0 spiro atoms. The highest BCUT2D eigenvalue weighted by Gasteiger charge is 2.22. The molecule has 0 N–H and O–H groups in total. The standard InChI is InChI=1S/C37H38BrN3O/c1-23(2)29-12-10-13-30(24(3)4)35(29)40-18-17-39-36(40)41-33-14-9-8-11-31(33)32-16-15-27(22-34(32)41)42-28-20-25(37(5,6)7)19-26(38)21-28/h8-24H,1-7H3. The van der Waals surface area contributed by atoms with Gasteiger partial charge in [0, 0.05) is 33.7 Å². The molecule has 2 heterocycles. The lowest BCUT2D eigenvalue weighted by Gasteiger charge is -2.22. The van der Waals surface area contributed by atoms with E-state index >= 15 is 0 Å². The van der Waals surface area contributed by atoms with E-state index in [0.29, 0.717) is 11.8 Å². The van der Waals surface area contributed by atoms with Crippen LogP contribution in [0.5, 0.6) is 11.5 Å². The second-order valence-electron chi connectivity index (χ2n) is 12.8. The summed E-state index contributed by atoms with van der Waals surface area (Å²) in [4.78, 5) is 4.98. The predicted octanol–water partition coefficient (Wildman–Crippen LogP) is 11.1. The molecule has 0 saturated heterocycles. The number of para-hydroxylation sites is 2. The summed E-state index contributed by atoms with van der Waals surface area (Å²) < 4.78 is 12.1. The van der Waals surface area contributed by atoms with E-state index in [1.165, 1.54) is 33.2 Å². The van der Waals surface area contributed by atoms with Crippen molar-refractivity contribution in [2.24, 2.45) is 0 Å². The summed E-state index contributed by atoms with van der Waals surface area (Å²) >= 11 is 3.69. The monoisotopic (exact) mass is 619 g/mol. The summed E-state index contributed by atoms with van der Waals surface area (Å²) in [6.45, 7) is 15.7. The lowest BCUT2D eigenvalue weighted by Crippen LogP contribution is -2.11. The number of hydrogen-bond acceptors (Lipinski definition) is 2. The fraction of sp³-hybridized carbons (Fsp3) is 0.270. The Labute approximate surface area is 257 Å². The second-order valence-corrected chi connectivity index (χ2v) is 13.7. The molecule has 0 bridgehead atoms. The zero-order valence-electron chi connectivity index (χ0n) is 25.4. The van der Waals surface area contributed by atoms with E-state index in [2.05, 4.69) is 153 Å². The lowest BCUT2D eigenvalue weighted by molar-refractivity contribution is 0.478. The van der Waals surface area contributed by atoms with Crippen LogP contribution >= 0.6 is 15.9 Å². The molecule has 0 atom stereocenters. The van der Waals surface area contributed by atoms with Crippen molar-refractivity contribution in [2.75, 3.05) is 0 Å². The van der Waals surface area contributed by atoms with Gasteiger partial charge >= 0.3 is 0 Å². The van der Waals surface area contributed by atoms with Crippen molar-refractivity contribution in [3.8, 4) is 23.1 Å². The van der Waals surface area contributed by atoms with E-state index in [9.17, 15) is 0 Å². The van der Waals surface area contributed by atoms with E-state index in [1.807, 2.05) is 12.3 Å². The van der Waals surface area contributed by atoms with Gasteiger partial charge in [0.1, 0.15) is 11.5 Å². The molecule has 2 aromatic heterocycles. The highest BCUT2D eigenvalue weighted by atomic mass is 79.9. The molecule has 6 rings (SSSR count). The molecule has 4 aromatic carbocycles. The Morgan fingerprint density at radius 3 is 2.12 bits per heavy atom. The zero-order chi connectivity index (χ0) is 29.8. The highest BCUT2D eigenvalue weighted by molar-refractivity contribution is 9.10. The number of ether oxygens (including phenoxy) is 1. The van der Waals surface area contributed by atoms with Crippen LogP contribution in [0.25, 0.3) is 33.4 Å². The van der Waals surface area contributed by atoms with Crippen LogP contribution < -0.4 is 4.74 Å². The Balaban J connectivity index is 1.57. The van der Waals surface area contributed by atoms with E-state index in [0.717, 1.165) is 33.0 Å². The number of aromatic nitrogens is 3. The van der Waals surface area contributed by atoms with Gasteiger partial charge in [-0.05, 0) is 70.3 Å². The topological polar surface area (TPSA) is 32.0 Å². The molecule has 5 heteroatoms. The number of hydrogen-bond donors (Lipinski definition) is 0. The Bertz CT molecular complexity index is 1890. The number of imidazole rings is 1. The maximum atomic E-state index is 6.52. The fourth-order valence-corrected chi connectivity index (χ4v) is 6.32. The first-order valence-corrected chi connectivity index (χ1v) is 15.5. The molecular weight excluding hydrogens is 582 g/mol. The highest BCUT2D eigenvalue weighted by Crippen LogP contribution is 2.38. The first kappa shape index (κ1) is 28.3. The number of fused-ring (bicyclic) bond motifs is 3. The van der Waals surface area contributed by atoms with Crippen molar-refractivity contribution < 1.29 is 4.74 Å². The molecular formula is C37H38BrN3O. The maximum Gasteiger partial charge on any atom is 0.219 e. The van der Waals surface area contributed by atoms with Crippen LogP contribution in [0.2, 0.25) is 0 Å². The van der Waals surface area contributed by atoms with Gasteiger partial charge in [0.2, 0.25) is 5.95 Å². The molecule has 214 valence electrons. The molecule has 0 radical (unpaired) electrons. The van der Waals surface area contributed by atoms with Gasteiger partial charge in [0.25, 0.3) is 0 Å². The van der Waals surface area contributed by atoms with Crippen molar-refractivity contribution >= 4 is 37.7 Å². The summed E-state index contributed by atoms with van der Waals surface area (Å²) in [5.74, 6) is 3.20. The van der Waals surface area contributed by atoms with Gasteiger partial charge in [-0.25, -0.2) is 4.98 Å². The SMILES string of the molecule is CC(C)c1cccc(C(C)C)c1-n1ccnc1-n1c2ccccc2c2ccc(Oc3cc(Br)cc(C(C)(C)C)c3)cc21. The van der Waals surface area contributed by atoms with Gasteiger partial charge in [-0.3, -0.25) is 9.13 Å². The Hall–Kier alpha value is -3.83. The molecule has 0 aliphatic heterocycles. The smallest absolute Gasteiger partial charge is 0.219 e. The first-order chi connectivity index (χ1) is 20.0. The summed E-state index contributed by atoms with van der Waals surface area (Å²) in [5.41, 5.74) is 7.24. The Kier molecular flexibility index (Phi) is 7.26. The van der Waals surface area contributed by atoms with Crippen LogP contribution in [0.1, 0.15) is 77.0 Å². The summed E-state index contributed by atoms with van der Waals surface area (Å²) in [5, 5.41) is 2.35. The number of halogens is 1. The van der Waals surface area contributed by atoms with Crippen LogP contribution in [-0.2, 0) is 5.41 Å². The van der Waals surface area contributed by atoms with Crippen molar-refractivity contribution in [2.45, 2.75) is 65.7 Å². The van der Waals surface area contributed by atoms with Gasteiger partial charge in [0.15, 0.2) is 0 Å². The van der Waals surface area contributed by atoms with Crippen LogP contribution in [0.3, 0.4) is 0 Å². The molecule has 0 aliphatic carbocycles. The number of rotatable bonds is 6. The third kappa shape index (κ3) is 5.05. The minimum absolute atomic E-state index is 0.0104. The Morgan fingerprint density at radius 2 is 1.43 bits per heavy atom. The maximum absolute atomic E-state index is 6.52. The van der Waals surface area contributed by atoms with Crippen LogP contribution in [-0.4, -0.2) is 14.1 Å². The predicted molar refractivity (Wildman–Crippen MR) is 179 cm³/mol. The Morgan fingerprint density at radius 1 is 0.738 bits per heavy atom. The van der Waals surface area contributed by atoms with E-state index in [4.69, 9.17) is 9.72 Å². The number of benzene rings is 4. The average molecular weight is 621 g/mol.